The fourth-order valence-corrected chi connectivity index (χ4v) is 5.24. The molecule has 1 aromatic carbocycles. The predicted octanol–water partition coefficient (Wildman–Crippen LogP) is 1.75. The third-order valence-electron chi connectivity index (χ3n) is 5.07. The van der Waals surface area contributed by atoms with Gasteiger partial charge in [0.1, 0.15) is 0 Å². The van der Waals surface area contributed by atoms with Crippen LogP contribution in [-0.2, 0) is 10.2 Å². The van der Waals surface area contributed by atoms with Gasteiger partial charge in [0, 0.05) is 50.2 Å². The number of carbonyl (C=O) groups is 1. The van der Waals surface area contributed by atoms with Gasteiger partial charge in [-0.2, -0.15) is 17.0 Å². The van der Waals surface area contributed by atoms with E-state index in [9.17, 15) is 13.2 Å². The van der Waals surface area contributed by atoms with Crippen molar-refractivity contribution < 1.29 is 13.2 Å². The molecule has 3 aliphatic rings. The molecule has 0 saturated carbocycles. The highest BCUT2D eigenvalue weighted by Crippen LogP contribution is 2.31. The van der Waals surface area contributed by atoms with E-state index in [1.165, 1.54) is 4.31 Å². The molecule has 3 aliphatic heterocycles. The summed E-state index contributed by atoms with van der Waals surface area (Å²) in [5, 5.41) is 0. The fourth-order valence-electron chi connectivity index (χ4n) is 3.61. The SMILES string of the molecule is CSc1ccc(C(=O)N2C[C@@H]3CC[C@H]2CN(S(=O)(=O)N(C)C)C3)cc1. The van der Waals surface area contributed by atoms with E-state index in [1.807, 2.05) is 35.4 Å². The molecule has 4 rings (SSSR count). The topological polar surface area (TPSA) is 60.9 Å². The number of benzene rings is 1. The van der Waals surface area contributed by atoms with Gasteiger partial charge in [-0.15, -0.1) is 11.8 Å². The summed E-state index contributed by atoms with van der Waals surface area (Å²) < 4.78 is 27.8. The standard InChI is InChI=1S/C17H25N3O3S2/c1-18(2)25(22,23)19-10-13-4-7-15(12-19)20(11-13)17(21)14-5-8-16(24-3)9-6-14/h5-6,8-9,13,15H,4,7,10-12H2,1-3H3/t13-,15+/m1/s1. The lowest BCUT2D eigenvalue weighted by molar-refractivity contribution is 0.0588. The zero-order valence-electron chi connectivity index (χ0n) is 14.9. The van der Waals surface area contributed by atoms with Gasteiger partial charge in [0.15, 0.2) is 0 Å². The molecular weight excluding hydrogens is 358 g/mol. The molecular formula is C17H25N3O3S2. The summed E-state index contributed by atoms with van der Waals surface area (Å²) in [7, 11) is -0.338. The Bertz CT molecular complexity index is 734. The van der Waals surface area contributed by atoms with Crippen molar-refractivity contribution in [1.29, 1.82) is 0 Å². The minimum absolute atomic E-state index is 0.00598. The first-order chi connectivity index (χ1) is 11.8. The third-order valence-corrected chi connectivity index (χ3v) is 7.68. The molecule has 0 unspecified atom stereocenters. The van der Waals surface area contributed by atoms with Crippen LogP contribution in [0.3, 0.4) is 0 Å². The molecule has 0 radical (unpaired) electrons. The molecule has 2 atom stereocenters. The fraction of sp³-hybridized carbons (Fsp3) is 0.588. The van der Waals surface area contributed by atoms with E-state index in [2.05, 4.69) is 0 Å². The number of thioether (sulfide) groups is 1. The van der Waals surface area contributed by atoms with Gasteiger partial charge in [0.2, 0.25) is 0 Å². The molecule has 0 N–H and O–H groups in total. The van der Waals surface area contributed by atoms with Crippen LogP contribution in [-0.4, -0.2) is 73.9 Å². The van der Waals surface area contributed by atoms with Gasteiger partial charge >= 0.3 is 0 Å². The molecule has 3 fully saturated rings. The highest BCUT2D eigenvalue weighted by atomic mass is 32.2. The molecule has 25 heavy (non-hydrogen) atoms. The van der Waals surface area contributed by atoms with Crippen molar-refractivity contribution in [2.45, 2.75) is 23.8 Å². The lowest BCUT2D eigenvalue weighted by atomic mass is 9.94. The average Bonchev–Trinajstić information content (AvgIpc) is 2.93. The summed E-state index contributed by atoms with van der Waals surface area (Å²) >= 11 is 1.64. The highest BCUT2D eigenvalue weighted by Gasteiger charge is 2.41. The van der Waals surface area contributed by atoms with Crippen LogP contribution in [0.2, 0.25) is 0 Å². The van der Waals surface area contributed by atoms with Crippen molar-refractivity contribution in [1.82, 2.24) is 13.5 Å². The van der Waals surface area contributed by atoms with Gasteiger partial charge in [-0.05, 0) is 49.3 Å². The number of carbonyl (C=O) groups excluding carboxylic acids is 1. The van der Waals surface area contributed by atoms with Gasteiger partial charge in [-0.25, -0.2) is 0 Å². The number of rotatable bonds is 4. The normalized spacial score (nSPS) is 24.6. The Morgan fingerprint density at radius 3 is 2.40 bits per heavy atom. The molecule has 0 aromatic heterocycles. The summed E-state index contributed by atoms with van der Waals surface area (Å²) in [6.07, 6.45) is 3.84. The second-order valence-electron chi connectivity index (χ2n) is 6.89. The number of hydrogen-bond donors (Lipinski definition) is 0. The quantitative estimate of drug-likeness (QED) is 0.743. The largest absolute Gasteiger partial charge is 0.334 e. The van der Waals surface area contributed by atoms with E-state index < -0.39 is 10.2 Å². The van der Waals surface area contributed by atoms with Crippen LogP contribution in [0.5, 0.6) is 0 Å². The maximum atomic E-state index is 13.0. The lowest BCUT2D eigenvalue weighted by Crippen LogP contribution is -2.48. The Morgan fingerprint density at radius 2 is 1.80 bits per heavy atom. The van der Waals surface area contributed by atoms with Gasteiger partial charge in [0.25, 0.3) is 16.1 Å². The number of amides is 1. The molecule has 3 saturated heterocycles. The van der Waals surface area contributed by atoms with Crippen LogP contribution < -0.4 is 0 Å². The van der Waals surface area contributed by atoms with Gasteiger partial charge in [-0.3, -0.25) is 4.79 Å². The summed E-state index contributed by atoms with van der Waals surface area (Å²) in [6, 6.07) is 7.58. The van der Waals surface area contributed by atoms with E-state index in [4.69, 9.17) is 0 Å². The van der Waals surface area contributed by atoms with E-state index in [-0.39, 0.29) is 17.9 Å². The lowest BCUT2D eigenvalue weighted by Gasteiger charge is -2.36. The zero-order valence-corrected chi connectivity index (χ0v) is 16.5. The Kier molecular flexibility index (Phi) is 5.43. The van der Waals surface area contributed by atoms with E-state index in [1.54, 1.807) is 30.2 Å². The molecule has 0 spiro atoms. The first-order valence-corrected chi connectivity index (χ1v) is 11.1. The summed E-state index contributed by atoms with van der Waals surface area (Å²) in [4.78, 5) is 16.0. The Labute approximate surface area is 154 Å². The second kappa shape index (κ2) is 7.26. The molecule has 8 heteroatoms. The number of nitrogens with zero attached hydrogens (tertiary/aromatic N) is 3. The second-order valence-corrected chi connectivity index (χ2v) is 9.91. The van der Waals surface area contributed by atoms with Crippen LogP contribution in [0, 0.1) is 5.92 Å². The molecule has 3 heterocycles. The maximum Gasteiger partial charge on any atom is 0.281 e. The van der Waals surface area contributed by atoms with Crippen LogP contribution >= 0.6 is 11.8 Å². The zero-order chi connectivity index (χ0) is 18.2. The molecule has 0 aliphatic carbocycles. The predicted molar refractivity (Wildman–Crippen MR) is 100.0 cm³/mol. The number of fused-ring (bicyclic) bond motifs is 4. The van der Waals surface area contributed by atoms with Crippen LogP contribution in [0.4, 0.5) is 0 Å². The van der Waals surface area contributed by atoms with Crippen molar-refractivity contribution in [2.24, 2.45) is 5.92 Å². The maximum absolute atomic E-state index is 13.0. The molecule has 1 amide bonds. The van der Waals surface area contributed by atoms with Crippen molar-refractivity contribution in [3.63, 3.8) is 0 Å². The van der Waals surface area contributed by atoms with Gasteiger partial charge in [-0.1, -0.05) is 0 Å². The molecule has 2 bridgehead atoms. The van der Waals surface area contributed by atoms with Crippen molar-refractivity contribution >= 4 is 27.9 Å². The van der Waals surface area contributed by atoms with E-state index >= 15 is 0 Å². The van der Waals surface area contributed by atoms with Crippen LogP contribution in [0.15, 0.2) is 29.2 Å². The van der Waals surface area contributed by atoms with Crippen molar-refractivity contribution in [3.05, 3.63) is 29.8 Å². The summed E-state index contributed by atoms with van der Waals surface area (Å²) in [5.41, 5.74) is 0.673. The first kappa shape index (κ1) is 18.7. The Hall–Kier alpha value is -1.09. The van der Waals surface area contributed by atoms with Crippen molar-refractivity contribution in [3.8, 4) is 0 Å². The first-order valence-electron chi connectivity index (χ1n) is 8.45. The smallest absolute Gasteiger partial charge is 0.281 e. The number of piperidine rings is 1. The minimum atomic E-state index is -3.45. The highest BCUT2D eigenvalue weighted by molar-refractivity contribution is 7.98. The van der Waals surface area contributed by atoms with Crippen LogP contribution in [0.1, 0.15) is 23.2 Å². The summed E-state index contributed by atoms with van der Waals surface area (Å²) in [5.74, 6) is 0.203. The Morgan fingerprint density at radius 1 is 1.12 bits per heavy atom. The van der Waals surface area contributed by atoms with Gasteiger partial charge < -0.3 is 4.90 Å². The van der Waals surface area contributed by atoms with Gasteiger partial charge in [0.05, 0.1) is 0 Å². The monoisotopic (exact) mass is 383 g/mol. The Balaban J connectivity index is 1.81. The third kappa shape index (κ3) is 3.72. The van der Waals surface area contributed by atoms with E-state index in [0.717, 1.165) is 17.7 Å². The number of hydrogen-bond acceptors (Lipinski definition) is 4. The molecule has 6 nitrogen and oxygen atoms in total. The average molecular weight is 384 g/mol. The summed E-state index contributed by atoms with van der Waals surface area (Å²) in [6.45, 7) is 1.51. The van der Waals surface area contributed by atoms with Crippen LogP contribution in [0.25, 0.3) is 0 Å². The molecule has 1 aromatic rings. The molecule has 138 valence electrons. The minimum Gasteiger partial charge on any atom is -0.334 e. The van der Waals surface area contributed by atoms with E-state index in [0.29, 0.717) is 25.2 Å². The van der Waals surface area contributed by atoms with Crippen molar-refractivity contribution in [2.75, 3.05) is 40.0 Å².